The molecule has 0 amide bonds. The first-order valence-corrected chi connectivity index (χ1v) is 6.14. The first-order chi connectivity index (χ1) is 8.19. The molecule has 1 atom stereocenters. The molecule has 4 nitrogen and oxygen atoms in total. The number of nitrogen functional groups attached to an aromatic ring is 1. The van der Waals surface area contributed by atoms with Crippen LogP contribution in [0.5, 0.6) is 0 Å². The van der Waals surface area contributed by atoms with E-state index in [2.05, 4.69) is 17.2 Å². The van der Waals surface area contributed by atoms with E-state index in [1.165, 1.54) is 0 Å². The van der Waals surface area contributed by atoms with Crippen LogP contribution in [0.3, 0.4) is 0 Å². The Labute approximate surface area is 102 Å². The number of carbonyl (C=O) groups excluding carboxylic acids is 1. The summed E-state index contributed by atoms with van der Waals surface area (Å²) in [5, 5.41) is 3.31. The third-order valence-corrected chi connectivity index (χ3v) is 3.73. The van der Waals surface area contributed by atoms with Crippen molar-refractivity contribution in [2.24, 2.45) is 5.41 Å². The number of Topliss-reactive ketones (excluding diaryl/α,β-unsaturated/α-hetero) is 1. The topological polar surface area (TPSA) is 68.0 Å². The van der Waals surface area contributed by atoms with Gasteiger partial charge in [0.25, 0.3) is 0 Å². The predicted molar refractivity (Wildman–Crippen MR) is 67.8 cm³/mol. The Kier molecular flexibility index (Phi) is 3.43. The molecule has 1 aliphatic heterocycles. The Morgan fingerprint density at radius 3 is 3.06 bits per heavy atom. The molecule has 2 rings (SSSR count). The summed E-state index contributed by atoms with van der Waals surface area (Å²) >= 11 is 0. The highest BCUT2D eigenvalue weighted by molar-refractivity contribution is 6.04. The van der Waals surface area contributed by atoms with Crippen LogP contribution in [-0.2, 0) is 0 Å². The van der Waals surface area contributed by atoms with Crippen molar-refractivity contribution in [3.8, 4) is 0 Å². The van der Waals surface area contributed by atoms with Gasteiger partial charge >= 0.3 is 0 Å². The summed E-state index contributed by atoms with van der Waals surface area (Å²) < 4.78 is 0. The van der Waals surface area contributed by atoms with E-state index in [4.69, 9.17) is 5.73 Å². The number of ketones is 1. The van der Waals surface area contributed by atoms with Gasteiger partial charge < -0.3 is 11.1 Å². The van der Waals surface area contributed by atoms with E-state index in [0.717, 1.165) is 32.4 Å². The van der Waals surface area contributed by atoms with Crippen LogP contribution in [0.1, 0.15) is 36.5 Å². The van der Waals surface area contributed by atoms with Gasteiger partial charge in [0, 0.05) is 30.0 Å². The summed E-state index contributed by atoms with van der Waals surface area (Å²) in [6.07, 6.45) is 6.02. The van der Waals surface area contributed by atoms with Gasteiger partial charge in [0.05, 0.1) is 5.56 Å². The molecule has 3 N–H and O–H groups in total. The Balaban J connectivity index is 2.32. The molecule has 1 aromatic heterocycles. The summed E-state index contributed by atoms with van der Waals surface area (Å²) in [6, 6.07) is 1.69. The van der Waals surface area contributed by atoms with E-state index in [1.54, 1.807) is 18.5 Å². The maximum atomic E-state index is 12.6. The minimum Gasteiger partial charge on any atom is -0.398 e. The van der Waals surface area contributed by atoms with Crippen molar-refractivity contribution < 1.29 is 4.79 Å². The molecule has 1 aromatic rings. The van der Waals surface area contributed by atoms with E-state index in [-0.39, 0.29) is 11.2 Å². The number of aromatic nitrogens is 1. The number of carbonyl (C=O) groups is 1. The molecular formula is C13H19N3O. The number of hydrogen-bond acceptors (Lipinski definition) is 4. The van der Waals surface area contributed by atoms with Crippen molar-refractivity contribution in [1.82, 2.24) is 10.3 Å². The lowest BCUT2D eigenvalue weighted by molar-refractivity contribution is 0.0731. The Hall–Kier alpha value is -1.42. The first kappa shape index (κ1) is 12.0. The highest BCUT2D eigenvalue weighted by atomic mass is 16.1. The van der Waals surface area contributed by atoms with Gasteiger partial charge in [-0.05, 0) is 31.9 Å². The van der Waals surface area contributed by atoms with Crippen molar-refractivity contribution >= 4 is 11.5 Å². The molecule has 1 unspecified atom stereocenters. The molecule has 17 heavy (non-hydrogen) atoms. The monoisotopic (exact) mass is 233 g/mol. The summed E-state index contributed by atoms with van der Waals surface area (Å²) in [7, 11) is 0. The van der Waals surface area contributed by atoms with Crippen molar-refractivity contribution in [2.45, 2.75) is 26.2 Å². The van der Waals surface area contributed by atoms with Crippen LogP contribution < -0.4 is 11.1 Å². The molecule has 2 heterocycles. The average Bonchev–Trinajstić information content (AvgIpc) is 2.39. The van der Waals surface area contributed by atoms with Crippen LogP contribution in [0.4, 0.5) is 5.69 Å². The van der Waals surface area contributed by atoms with Gasteiger partial charge in [0.1, 0.15) is 0 Å². The molecule has 0 radical (unpaired) electrons. The minimum absolute atomic E-state index is 0.137. The minimum atomic E-state index is -0.296. The second-order valence-corrected chi connectivity index (χ2v) is 4.71. The summed E-state index contributed by atoms with van der Waals surface area (Å²) in [5.74, 6) is 0.137. The van der Waals surface area contributed by atoms with E-state index >= 15 is 0 Å². The lowest BCUT2D eigenvalue weighted by Crippen LogP contribution is -2.45. The maximum Gasteiger partial charge on any atom is 0.173 e. The molecule has 4 heteroatoms. The SMILES string of the molecule is CCC1(C(=O)c2cnccc2N)CCCNC1. The number of nitrogens with one attached hydrogen (secondary N) is 1. The third-order valence-electron chi connectivity index (χ3n) is 3.73. The number of pyridine rings is 1. The van der Waals surface area contributed by atoms with Crippen LogP contribution in [0.25, 0.3) is 0 Å². The smallest absolute Gasteiger partial charge is 0.173 e. The molecule has 92 valence electrons. The van der Waals surface area contributed by atoms with E-state index in [1.807, 2.05) is 0 Å². The zero-order valence-electron chi connectivity index (χ0n) is 10.2. The second-order valence-electron chi connectivity index (χ2n) is 4.71. The van der Waals surface area contributed by atoms with Crippen LogP contribution in [-0.4, -0.2) is 23.9 Å². The summed E-state index contributed by atoms with van der Waals surface area (Å²) in [6.45, 7) is 3.81. The van der Waals surface area contributed by atoms with Crippen molar-refractivity contribution in [3.05, 3.63) is 24.0 Å². The molecule has 1 saturated heterocycles. The lowest BCUT2D eigenvalue weighted by atomic mass is 9.73. The van der Waals surface area contributed by atoms with Gasteiger partial charge in [-0.3, -0.25) is 9.78 Å². The lowest BCUT2D eigenvalue weighted by Gasteiger charge is -2.35. The van der Waals surface area contributed by atoms with E-state index in [9.17, 15) is 4.79 Å². The fraction of sp³-hybridized carbons (Fsp3) is 0.538. The molecule has 0 saturated carbocycles. The summed E-state index contributed by atoms with van der Waals surface area (Å²) in [5.41, 5.74) is 6.66. The molecule has 0 spiro atoms. The Morgan fingerprint density at radius 2 is 2.47 bits per heavy atom. The van der Waals surface area contributed by atoms with Crippen molar-refractivity contribution in [3.63, 3.8) is 0 Å². The van der Waals surface area contributed by atoms with Gasteiger partial charge in [-0.25, -0.2) is 0 Å². The number of hydrogen-bond donors (Lipinski definition) is 2. The summed E-state index contributed by atoms with van der Waals surface area (Å²) in [4.78, 5) is 16.6. The van der Waals surface area contributed by atoms with Crippen LogP contribution in [0.15, 0.2) is 18.5 Å². The fourth-order valence-electron chi connectivity index (χ4n) is 2.50. The fourth-order valence-corrected chi connectivity index (χ4v) is 2.50. The first-order valence-electron chi connectivity index (χ1n) is 6.14. The molecular weight excluding hydrogens is 214 g/mol. The zero-order chi connectivity index (χ0) is 12.3. The van der Waals surface area contributed by atoms with Crippen LogP contribution in [0, 0.1) is 5.41 Å². The molecule has 1 fully saturated rings. The highest BCUT2D eigenvalue weighted by Crippen LogP contribution is 2.34. The van der Waals surface area contributed by atoms with Crippen molar-refractivity contribution in [1.29, 1.82) is 0 Å². The van der Waals surface area contributed by atoms with E-state index < -0.39 is 0 Å². The standard InChI is InChI=1S/C13H19N3O/c1-2-13(5-3-6-16-9-13)12(17)10-8-15-7-4-11(10)14/h4,7-8,16H,2-3,5-6,9H2,1H3,(H2,14,15). The zero-order valence-corrected chi connectivity index (χ0v) is 10.2. The highest BCUT2D eigenvalue weighted by Gasteiger charge is 2.38. The largest absolute Gasteiger partial charge is 0.398 e. The molecule has 1 aliphatic rings. The Morgan fingerprint density at radius 1 is 1.65 bits per heavy atom. The van der Waals surface area contributed by atoms with Gasteiger partial charge in [-0.1, -0.05) is 6.92 Å². The molecule has 0 aromatic carbocycles. The third kappa shape index (κ3) is 2.17. The van der Waals surface area contributed by atoms with Gasteiger partial charge in [-0.2, -0.15) is 0 Å². The maximum absolute atomic E-state index is 12.6. The van der Waals surface area contributed by atoms with Gasteiger partial charge in [0.15, 0.2) is 5.78 Å². The number of anilines is 1. The predicted octanol–water partition coefficient (Wildman–Crippen LogP) is 1.63. The van der Waals surface area contributed by atoms with Crippen LogP contribution in [0.2, 0.25) is 0 Å². The second kappa shape index (κ2) is 4.84. The van der Waals surface area contributed by atoms with Crippen LogP contribution >= 0.6 is 0 Å². The number of piperidine rings is 1. The number of nitrogens with zero attached hydrogens (tertiary/aromatic N) is 1. The van der Waals surface area contributed by atoms with Gasteiger partial charge in [-0.15, -0.1) is 0 Å². The number of nitrogens with two attached hydrogens (primary N) is 1. The van der Waals surface area contributed by atoms with E-state index in [0.29, 0.717) is 11.3 Å². The molecule has 0 aliphatic carbocycles. The van der Waals surface area contributed by atoms with Gasteiger partial charge in [0.2, 0.25) is 0 Å². The normalized spacial score (nSPS) is 24.5. The average molecular weight is 233 g/mol. The quantitative estimate of drug-likeness (QED) is 0.779. The number of rotatable bonds is 3. The van der Waals surface area contributed by atoms with Crippen molar-refractivity contribution in [2.75, 3.05) is 18.8 Å². The molecule has 0 bridgehead atoms. The Bertz CT molecular complexity index is 411.